The summed E-state index contributed by atoms with van der Waals surface area (Å²) in [5.41, 5.74) is -0.613. The number of ether oxygens (including phenoxy) is 1. The first-order chi connectivity index (χ1) is 8.96. The first kappa shape index (κ1) is 13.5. The molecule has 3 rings (SSSR count). The lowest BCUT2D eigenvalue weighted by atomic mass is 9.94. The molecule has 19 heavy (non-hydrogen) atoms. The molecule has 3 nitrogen and oxygen atoms in total. The van der Waals surface area contributed by atoms with Gasteiger partial charge in [0.15, 0.2) is 0 Å². The third-order valence-electron chi connectivity index (χ3n) is 3.89. The lowest BCUT2D eigenvalue weighted by Gasteiger charge is -2.40. The highest BCUT2D eigenvalue weighted by molar-refractivity contribution is 6.68. The van der Waals surface area contributed by atoms with Crippen molar-refractivity contribution in [2.24, 2.45) is 0 Å². The molecule has 100 valence electrons. The zero-order valence-corrected chi connectivity index (χ0v) is 12.2. The monoisotopic (exact) mass is 316 g/mol. The van der Waals surface area contributed by atoms with Gasteiger partial charge in [-0.2, -0.15) is 5.26 Å². The van der Waals surface area contributed by atoms with Crippen LogP contribution >= 0.6 is 34.8 Å². The van der Waals surface area contributed by atoms with E-state index in [0.717, 1.165) is 12.0 Å². The molecule has 0 aromatic heterocycles. The third kappa shape index (κ3) is 1.79. The standard InChI is InChI=1S/C13H11Cl3N2O/c14-13(15,16)12(8-17)18-9-11(18,6-7-19-12)10-4-2-1-3-5-10/h1-5H,6-7,9H2/t11-,12-,18?/m1/s1. The molecule has 0 bridgehead atoms. The first-order valence-electron chi connectivity index (χ1n) is 5.91. The number of benzene rings is 1. The SMILES string of the molecule is N#C[C@]1(C(Cl)(Cl)Cl)OCC[C@]2(c3ccccc3)CN21. The van der Waals surface area contributed by atoms with Crippen LogP contribution in [0.3, 0.4) is 0 Å². The van der Waals surface area contributed by atoms with E-state index in [1.54, 1.807) is 0 Å². The Kier molecular flexibility index (Phi) is 3.01. The van der Waals surface area contributed by atoms with Crippen molar-refractivity contribution in [2.75, 3.05) is 13.2 Å². The van der Waals surface area contributed by atoms with Crippen LogP contribution in [0.1, 0.15) is 12.0 Å². The Bertz CT molecular complexity index is 539. The predicted molar refractivity (Wildman–Crippen MR) is 74.0 cm³/mol. The number of alkyl halides is 3. The van der Waals surface area contributed by atoms with Gasteiger partial charge in [-0.1, -0.05) is 65.1 Å². The molecule has 3 atom stereocenters. The van der Waals surface area contributed by atoms with Crippen molar-refractivity contribution in [3.63, 3.8) is 0 Å². The summed E-state index contributed by atoms with van der Waals surface area (Å²) in [6.45, 7) is 1.06. The number of hydrogen-bond acceptors (Lipinski definition) is 3. The van der Waals surface area contributed by atoms with Gasteiger partial charge >= 0.3 is 0 Å². The lowest BCUT2D eigenvalue weighted by molar-refractivity contribution is -0.113. The fourth-order valence-corrected chi connectivity index (χ4v) is 3.43. The summed E-state index contributed by atoms with van der Waals surface area (Å²) in [5, 5.41) is 9.47. The van der Waals surface area contributed by atoms with E-state index in [4.69, 9.17) is 39.5 Å². The van der Waals surface area contributed by atoms with Crippen molar-refractivity contribution in [3.8, 4) is 6.07 Å². The smallest absolute Gasteiger partial charge is 0.259 e. The van der Waals surface area contributed by atoms with E-state index in [9.17, 15) is 5.26 Å². The van der Waals surface area contributed by atoms with Crippen LogP contribution < -0.4 is 0 Å². The van der Waals surface area contributed by atoms with Crippen molar-refractivity contribution in [1.82, 2.24) is 4.90 Å². The molecule has 1 unspecified atom stereocenters. The summed E-state index contributed by atoms with van der Waals surface area (Å²) in [7, 11) is 0. The molecule has 0 amide bonds. The zero-order chi connectivity index (χ0) is 13.7. The molecule has 0 radical (unpaired) electrons. The second kappa shape index (κ2) is 4.25. The third-order valence-corrected chi connectivity index (χ3v) is 4.66. The minimum atomic E-state index is -1.81. The lowest BCUT2D eigenvalue weighted by Crippen LogP contribution is -2.55. The van der Waals surface area contributed by atoms with Crippen LogP contribution in [-0.4, -0.2) is 27.6 Å². The maximum atomic E-state index is 9.47. The number of nitriles is 1. The largest absolute Gasteiger partial charge is 0.344 e. The Hall–Kier alpha value is -0.500. The Morgan fingerprint density at radius 1 is 1.26 bits per heavy atom. The minimum Gasteiger partial charge on any atom is -0.344 e. The van der Waals surface area contributed by atoms with Crippen LogP contribution in [0.2, 0.25) is 0 Å². The maximum absolute atomic E-state index is 9.47. The molecule has 2 saturated heterocycles. The normalized spacial score (nSPS) is 37.3. The van der Waals surface area contributed by atoms with Crippen LogP contribution in [0.4, 0.5) is 0 Å². The quantitative estimate of drug-likeness (QED) is 0.589. The van der Waals surface area contributed by atoms with Crippen molar-refractivity contribution in [2.45, 2.75) is 21.5 Å². The fraction of sp³-hybridized carbons (Fsp3) is 0.462. The van der Waals surface area contributed by atoms with Crippen molar-refractivity contribution < 1.29 is 4.74 Å². The van der Waals surface area contributed by atoms with Crippen molar-refractivity contribution in [1.29, 1.82) is 5.26 Å². The molecule has 2 aliphatic heterocycles. The van der Waals surface area contributed by atoms with Crippen LogP contribution in [0, 0.1) is 11.3 Å². The predicted octanol–water partition coefficient (Wildman–Crippen LogP) is 3.21. The first-order valence-corrected chi connectivity index (χ1v) is 7.05. The van der Waals surface area contributed by atoms with E-state index >= 15 is 0 Å². The molecule has 1 aromatic carbocycles. The number of fused-ring (bicyclic) bond motifs is 1. The second-order valence-corrected chi connectivity index (χ2v) is 7.12. The summed E-state index contributed by atoms with van der Waals surface area (Å²) in [5.74, 6) is 0. The van der Waals surface area contributed by atoms with Gasteiger partial charge in [0, 0.05) is 6.54 Å². The van der Waals surface area contributed by atoms with Gasteiger partial charge < -0.3 is 4.74 Å². The molecule has 2 aliphatic rings. The van der Waals surface area contributed by atoms with Gasteiger partial charge in [-0.05, 0) is 12.0 Å². The number of nitrogens with zero attached hydrogens (tertiary/aromatic N) is 2. The van der Waals surface area contributed by atoms with E-state index < -0.39 is 9.52 Å². The van der Waals surface area contributed by atoms with Gasteiger partial charge in [-0.15, -0.1) is 0 Å². The number of halogens is 3. The molecule has 0 aliphatic carbocycles. The Morgan fingerprint density at radius 2 is 1.95 bits per heavy atom. The number of rotatable bonds is 1. The summed E-state index contributed by atoms with van der Waals surface area (Å²) in [4.78, 5) is 1.84. The van der Waals surface area contributed by atoms with Gasteiger partial charge in [-0.3, -0.25) is 0 Å². The van der Waals surface area contributed by atoms with Crippen LogP contribution in [0.15, 0.2) is 30.3 Å². The average molecular weight is 318 g/mol. The Labute approximate surface area is 126 Å². The van der Waals surface area contributed by atoms with E-state index in [-0.39, 0.29) is 5.54 Å². The highest BCUT2D eigenvalue weighted by Gasteiger charge is 2.71. The highest BCUT2D eigenvalue weighted by atomic mass is 35.6. The fourth-order valence-electron chi connectivity index (χ4n) is 2.83. The topological polar surface area (TPSA) is 36.0 Å². The van der Waals surface area contributed by atoms with E-state index in [1.165, 1.54) is 0 Å². The molecule has 1 aromatic rings. The van der Waals surface area contributed by atoms with Crippen LogP contribution in [0.5, 0.6) is 0 Å². The molecule has 0 N–H and O–H groups in total. The van der Waals surface area contributed by atoms with E-state index in [0.29, 0.717) is 13.2 Å². The number of hydrogen-bond donors (Lipinski definition) is 0. The van der Waals surface area contributed by atoms with Gasteiger partial charge in [-0.25, -0.2) is 4.90 Å². The summed E-state index contributed by atoms with van der Waals surface area (Å²) < 4.78 is 3.74. The summed E-state index contributed by atoms with van der Waals surface area (Å²) >= 11 is 17.9. The molecule has 0 saturated carbocycles. The molecule has 0 spiro atoms. The zero-order valence-electron chi connectivity index (χ0n) is 9.94. The molecule has 2 fully saturated rings. The average Bonchev–Trinajstić information content (AvgIpc) is 3.14. The second-order valence-electron chi connectivity index (χ2n) is 4.84. The summed E-state index contributed by atoms with van der Waals surface area (Å²) in [6.07, 6.45) is 0.793. The molecular weight excluding hydrogens is 307 g/mol. The van der Waals surface area contributed by atoms with Crippen molar-refractivity contribution in [3.05, 3.63) is 35.9 Å². The van der Waals surface area contributed by atoms with Crippen LogP contribution in [-0.2, 0) is 10.3 Å². The highest BCUT2D eigenvalue weighted by Crippen LogP contribution is 2.59. The van der Waals surface area contributed by atoms with Gasteiger partial charge in [0.05, 0.1) is 12.1 Å². The van der Waals surface area contributed by atoms with Crippen LogP contribution in [0.25, 0.3) is 0 Å². The van der Waals surface area contributed by atoms with Gasteiger partial charge in [0.25, 0.3) is 5.72 Å². The minimum absolute atomic E-state index is 0.237. The van der Waals surface area contributed by atoms with E-state index in [1.807, 2.05) is 35.2 Å². The maximum Gasteiger partial charge on any atom is 0.259 e. The van der Waals surface area contributed by atoms with Gasteiger partial charge in [0.1, 0.15) is 6.07 Å². The van der Waals surface area contributed by atoms with Gasteiger partial charge in [0.2, 0.25) is 3.79 Å². The Morgan fingerprint density at radius 3 is 2.53 bits per heavy atom. The molecule has 6 heteroatoms. The van der Waals surface area contributed by atoms with E-state index in [2.05, 4.69) is 6.07 Å². The molecular formula is C13H11Cl3N2O. The Balaban J connectivity index is 2.02. The van der Waals surface area contributed by atoms with Crippen molar-refractivity contribution >= 4 is 34.8 Å². The molecule has 2 heterocycles. The summed E-state index contributed by atoms with van der Waals surface area (Å²) in [6, 6.07) is 12.0.